The van der Waals surface area contributed by atoms with Crippen LogP contribution in [0.1, 0.15) is 18.2 Å². The van der Waals surface area contributed by atoms with Gasteiger partial charge in [-0.2, -0.15) is 0 Å². The maximum Gasteiger partial charge on any atom is 0.0589 e. The highest BCUT2D eigenvalue weighted by molar-refractivity contribution is 5.19. The summed E-state index contributed by atoms with van der Waals surface area (Å²) in [5, 5.41) is 3.18. The standard InChI is InChI=1S/C13H23N3O/c1-4-16(8-9-17-3)11-13-12(10-14-2)6-5-7-15-13/h5-7,14H,4,8-11H2,1-3H3. The van der Waals surface area contributed by atoms with E-state index in [-0.39, 0.29) is 0 Å². The van der Waals surface area contributed by atoms with Crippen LogP contribution < -0.4 is 5.32 Å². The number of methoxy groups -OCH3 is 1. The van der Waals surface area contributed by atoms with Gasteiger partial charge >= 0.3 is 0 Å². The Hall–Kier alpha value is -0.970. The number of aromatic nitrogens is 1. The molecule has 0 spiro atoms. The molecule has 4 heteroatoms. The van der Waals surface area contributed by atoms with Crippen LogP contribution in [0.25, 0.3) is 0 Å². The van der Waals surface area contributed by atoms with Gasteiger partial charge in [0.05, 0.1) is 12.3 Å². The SMILES string of the molecule is CCN(CCOC)Cc1ncccc1CNC. The van der Waals surface area contributed by atoms with Crippen molar-refractivity contribution in [2.75, 3.05) is 33.9 Å². The van der Waals surface area contributed by atoms with E-state index in [2.05, 4.69) is 28.2 Å². The summed E-state index contributed by atoms with van der Waals surface area (Å²) in [5.41, 5.74) is 2.42. The van der Waals surface area contributed by atoms with Crippen LogP contribution in [0.15, 0.2) is 18.3 Å². The Morgan fingerprint density at radius 3 is 2.94 bits per heavy atom. The monoisotopic (exact) mass is 237 g/mol. The molecule has 0 aromatic carbocycles. The van der Waals surface area contributed by atoms with Gasteiger partial charge < -0.3 is 10.1 Å². The Morgan fingerprint density at radius 1 is 1.47 bits per heavy atom. The fourth-order valence-electron chi connectivity index (χ4n) is 1.75. The minimum atomic E-state index is 0.766. The Kier molecular flexibility index (Phi) is 6.77. The van der Waals surface area contributed by atoms with Gasteiger partial charge in [-0.25, -0.2) is 0 Å². The minimum Gasteiger partial charge on any atom is -0.383 e. The predicted molar refractivity (Wildman–Crippen MR) is 69.8 cm³/mol. The zero-order valence-corrected chi connectivity index (χ0v) is 11.1. The molecular formula is C13H23N3O. The van der Waals surface area contributed by atoms with Crippen molar-refractivity contribution >= 4 is 0 Å². The molecule has 0 unspecified atom stereocenters. The van der Waals surface area contributed by atoms with E-state index in [1.165, 1.54) is 5.56 Å². The predicted octanol–water partition coefficient (Wildman–Crippen LogP) is 1.27. The second-order valence-corrected chi connectivity index (χ2v) is 4.00. The van der Waals surface area contributed by atoms with Crippen molar-refractivity contribution < 1.29 is 4.74 Å². The minimum absolute atomic E-state index is 0.766. The number of pyridine rings is 1. The van der Waals surface area contributed by atoms with Crippen LogP contribution in [0.4, 0.5) is 0 Å². The van der Waals surface area contributed by atoms with Crippen LogP contribution in [0, 0.1) is 0 Å². The van der Waals surface area contributed by atoms with E-state index in [0.717, 1.165) is 38.5 Å². The fraction of sp³-hybridized carbons (Fsp3) is 0.615. The molecule has 4 nitrogen and oxygen atoms in total. The van der Waals surface area contributed by atoms with Crippen LogP contribution in [0.2, 0.25) is 0 Å². The van der Waals surface area contributed by atoms with Gasteiger partial charge in [0.2, 0.25) is 0 Å². The lowest BCUT2D eigenvalue weighted by atomic mass is 10.2. The molecule has 1 aromatic rings. The normalized spacial score (nSPS) is 11.1. The lowest BCUT2D eigenvalue weighted by molar-refractivity contribution is 0.146. The Labute approximate surface area is 104 Å². The summed E-state index contributed by atoms with van der Waals surface area (Å²) in [5.74, 6) is 0. The summed E-state index contributed by atoms with van der Waals surface area (Å²) in [7, 11) is 3.69. The number of hydrogen-bond acceptors (Lipinski definition) is 4. The number of nitrogens with one attached hydrogen (secondary N) is 1. The summed E-state index contributed by atoms with van der Waals surface area (Å²) in [6, 6.07) is 4.12. The molecule has 1 aromatic heterocycles. The van der Waals surface area contributed by atoms with Crippen molar-refractivity contribution in [2.45, 2.75) is 20.0 Å². The summed E-state index contributed by atoms with van der Waals surface area (Å²) < 4.78 is 5.12. The van der Waals surface area contributed by atoms with E-state index in [0.29, 0.717) is 0 Å². The van der Waals surface area contributed by atoms with Crippen LogP contribution in [-0.4, -0.2) is 43.7 Å². The Balaban J connectivity index is 2.64. The largest absolute Gasteiger partial charge is 0.383 e. The molecule has 0 saturated carbocycles. The maximum absolute atomic E-state index is 5.12. The summed E-state index contributed by atoms with van der Waals surface area (Å²) in [6.45, 7) is 6.64. The second-order valence-electron chi connectivity index (χ2n) is 4.00. The van der Waals surface area contributed by atoms with E-state index >= 15 is 0 Å². The number of hydrogen-bond donors (Lipinski definition) is 1. The summed E-state index contributed by atoms with van der Waals surface area (Å²) in [4.78, 5) is 6.81. The molecule has 1 N–H and O–H groups in total. The topological polar surface area (TPSA) is 37.4 Å². The molecule has 0 radical (unpaired) electrons. The molecular weight excluding hydrogens is 214 g/mol. The van der Waals surface area contributed by atoms with Crippen LogP contribution in [0.5, 0.6) is 0 Å². The lowest BCUT2D eigenvalue weighted by Crippen LogP contribution is -2.28. The Bertz CT molecular complexity index is 317. The molecule has 0 bridgehead atoms. The third kappa shape index (κ3) is 4.81. The fourth-order valence-corrected chi connectivity index (χ4v) is 1.75. The average Bonchev–Trinajstić information content (AvgIpc) is 2.36. The summed E-state index contributed by atoms with van der Waals surface area (Å²) in [6.07, 6.45) is 1.86. The third-order valence-electron chi connectivity index (χ3n) is 2.78. The van der Waals surface area contributed by atoms with Gasteiger partial charge in [-0.1, -0.05) is 13.0 Å². The molecule has 0 atom stereocenters. The summed E-state index contributed by atoms with van der Waals surface area (Å²) >= 11 is 0. The smallest absolute Gasteiger partial charge is 0.0589 e. The van der Waals surface area contributed by atoms with Gasteiger partial charge in [0.25, 0.3) is 0 Å². The molecule has 1 heterocycles. The second kappa shape index (κ2) is 8.17. The number of likely N-dealkylation sites (N-methyl/N-ethyl adjacent to an activating group) is 1. The van der Waals surface area contributed by atoms with Gasteiger partial charge in [0.15, 0.2) is 0 Å². The number of rotatable bonds is 8. The molecule has 0 amide bonds. The highest BCUT2D eigenvalue weighted by atomic mass is 16.5. The maximum atomic E-state index is 5.12. The van der Waals surface area contributed by atoms with Crippen molar-refractivity contribution in [3.63, 3.8) is 0 Å². The Morgan fingerprint density at radius 2 is 2.29 bits per heavy atom. The van der Waals surface area contributed by atoms with Gasteiger partial charge in [-0.3, -0.25) is 9.88 Å². The van der Waals surface area contributed by atoms with Crippen molar-refractivity contribution in [3.05, 3.63) is 29.6 Å². The third-order valence-corrected chi connectivity index (χ3v) is 2.78. The number of nitrogens with zero attached hydrogens (tertiary/aromatic N) is 2. The molecule has 0 aliphatic carbocycles. The van der Waals surface area contributed by atoms with Crippen LogP contribution in [0.3, 0.4) is 0 Å². The van der Waals surface area contributed by atoms with Gasteiger partial charge in [-0.05, 0) is 25.2 Å². The van der Waals surface area contributed by atoms with E-state index < -0.39 is 0 Å². The van der Waals surface area contributed by atoms with Crippen LogP contribution in [-0.2, 0) is 17.8 Å². The van der Waals surface area contributed by atoms with Crippen molar-refractivity contribution in [2.24, 2.45) is 0 Å². The first kappa shape index (κ1) is 14.1. The molecule has 1 rings (SSSR count). The highest BCUT2D eigenvalue weighted by Gasteiger charge is 2.08. The molecule has 0 fully saturated rings. The van der Waals surface area contributed by atoms with E-state index in [9.17, 15) is 0 Å². The van der Waals surface area contributed by atoms with E-state index in [1.54, 1.807) is 7.11 Å². The molecule has 96 valence electrons. The van der Waals surface area contributed by atoms with Crippen LogP contribution >= 0.6 is 0 Å². The lowest BCUT2D eigenvalue weighted by Gasteiger charge is -2.20. The van der Waals surface area contributed by atoms with E-state index in [4.69, 9.17) is 4.74 Å². The molecule has 0 aliphatic heterocycles. The van der Waals surface area contributed by atoms with Crippen molar-refractivity contribution in [3.8, 4) is 0 Å². The van der Waals surface area contributed by atoms with Gasteiger partial charge in [0, 0.05) is 32.9 Å². The van der Waals surface area contributed by atoms with Gasteiger partial charge in [-0.15, -0.1) is 0 Å². The highest BCUT2D eigenvalue weighted by Crippen LogP contribution is 2.08. The first-order valence-corrected chi connectivity index (χ1v) is 6.10. The molecule has 17 heavy (non-hydrogen) atoms. The zero-order chi connectivity index (χ0) is 12.5. The average molecular weight is 237 g/mol. The zero-order valence-electron chi connectivity index (χ0n) is 11.1. The molecule has 0 saturated heterocycles. The first-order valence-electron chi connectivity index (χ1n) is 6.10. The van der Waals surface area contributed by atoms with Gasteiger partial charge in [0.1, 0.15) is 0 Å². The number of ether oxygens (including phenoxy) is 1. The van der Waals surface area contributed by atoms with E-state index in [1.807, 2.05) is 19.3 Å². The quantitative estimate of drug-likeness (QED) is 0.739. The van der Waals surface area contributed by atoms with Crippen molar-refractivity contribution in [1.29, 1.82) is 0 Å². The molecule has 0 aliphatic rings. The van der Waals surface area contributed by atoms with Crippen molar-refractivity contribution in [1.82, 2.24) is 15.2 Å². The first-order chi connectivity index (χ1) is 8.31.